The predicted octanol–water partition coefficient (Wildman–Crippen LogP) is 4.37. The largest absolute Gasteiger partial charge is 0.493 e. The summed E-state index contributed by atoms with van der Waals surface area (Å²) >= 11 is 0. The van der Waals surface area contributed by atoms with Gasteiger partial charge in [0.2, 0.25) is 5.95 Å². The molecule has 3 aromatic rings. The maximum Gasteiger partial charge on any atom is 0.407 e. The molecule has 0 saturated carbocycles. The normalized spacial score (nSPS) is 18.0. The molecule has 0 unspecified atom stereocenters. The number of nitrogens with one attached hydrogen (secondary N) is 1. The van der Waals surface area contributed by atoms with Crippen molar-refractivity contribution in [3.05, 3.63) is 48.0 Å². The number of aromatic nitrogens is 2. The zero-order valence-electron chi connectivity index (χ0n) is 19.9. The lowest BCUT2D eigenvalue weighted by molar-refractivity contribution is 0.133. The highest BCUT2D eigenvalue weighted by atomic mass is 16.5. The molecule has 5 rings (SSSR count). The van der Waals surface area contributed by atoms with E-state index in [1.807, 2.05) is 42.5 Å². The average molecular weight is 478 g/mol. The van der Waals surface area contributed by atoms with Crippen LogP contribution in [0.4, 0.5) is 16.6 Å². The molecule has 0 spiro atoms. The molecule has 1 amide bonds. The first kappa shape index (κ1) is 23.0. The van der Waals surface area contributed by atoms with Gasteiger partial charge in [-0.05, 0) is 37.3 Å². The second-order valence-electron chi connectivity index (χ2n) is 9.07. The highest BCUT2D eigenvalue weighted by Gasteiger charge is 2.25. The van der Waals surface area contributed by atoms with Gasteiger partial charge in [-0.3, -0.25) is 0 Å². The SMILES string of the molecule is COc1cc2c(N[C@@H]3CCCN(C(=O)O)C3)nc(N3CCCC3)nc2cc1OCc1ccccc1. The third kappa shape index (κ3) is 5.18. The van der Waals surface area contributed by atoms with Crippen molar-refractivity contribution in [3.63, 3.8) is 0 Å². The van der Waals surface area contributed by atoms with Gasteiger partial charge in [-0.25, -0.2) is 9.78 Å². The van der Waals surface area contributed by atoms with Gasteiger partial charge in [-0.1, -0.05) is 30.3 Å². The number of ether oxygens (including phenoxy) is 2. The summed E-state index contributed by atoms with van der Waals surface area (Å²) in [6.07, 6.45) is 3.04. The number of carboxylic acid groups (broad SMARTS) is 1. The lowest BCUT2D eigenvalue weighted by Gasteiger charge is -2.32. The average Bonchev–Trinajstić information content (AvgIpc) is 3.43. The second-order valence-corrected chi connectivity index (χ2v) is 9.07. The highest BCUT2D eigenvalue weighted by molar-refractivity contribution is 5.93. The fourth-order valence-corrected chi connectivity index (χ4v) is 4.76. The van der Waals surface area contributed by atoms with Gasteiger partial charge in [-0.15, -0.1) is 0 Å². The maximum atomic E-state index is 11.5. The Morgan fingerprint density at radius 1 is 1.09 bits per heavy atom. The van der Waals surface area contributed by atoms with Crippen LogP contribution >= 0.6 is 0 Å². The number of hydrogen-bond donors (Lipinski definition) is 2. The smallest absolute Gasteiger partial charge is 0.407 e. The molecule has 0 aliphatic carbocycles. The van der Waals surface area contributed by atoms with Crippen LogP contribution in [-0.4, -0.2) is 65.4 Å². The molecule has 1 aromatic heterocycles. The van der Waals surface area contributed by atoms with Crippen molar-refractivity contribution in [1.82, 2.24) is 14.9 Å². The molecule has 9 nitrogen and oxygen atoms in total. The van der Waals surface area contributed by atoms with E-state index >= 15 is 0 Å². The number of methoxy groups -OCH3 is 1. The first-order valence-corrected chi connectivity index (χ1v) is 12.2. The van der Waals surface area contributed by atoms with E-state index in [1.165, 1.54) is 4.90 Å². The van der Waals surface area contributed by atoms with Gasteiger partial charge in [0.05, 0.1) is 12.6 Å². The van der Waals surface area contributed by atoms with Crippen molar-refractivity contribution in [3.8, 4) is 11.5 Å². The lowest BCUT2D eigenvalue weighted by Crippen LogP contribution is -2.44. The van der Waals surface area contributed by atoms with Gasteiger partial charge in [-0.2, -0.15) is 4.98 Å². The van der Waals surface area contributed by atoms with Crippen molar-refractivity contribution in [2.45, 2.75) is 38.3 Å². The first-order chi connectivity index (χ1) is 17.1. The minimum Gasteiger partial charge on any atom is -0.493 e. The summed E-state index contributed by atoms with van der Waals surface area (Å²) in [5.41, 5.74) is 1.83. The van der Waals surface area contributed by atoms with E-state index in [2.05, 4.69) is 10.2 Å². The molecule has 2 aliphatic heterocycles. The Morgan fingerprint density at radius 3 is 2.63 bits per heavy atom. The molecule has 2 saturated heterocycles. The molecule has 35 heavy (non-hydrogen) atoms. The zero-order chi connectivity index (χ0) is 24.2. The van der Waals surface area contributed by atoms with E-state index in [0.717, 1.165) is 55.2 Å². The number of amides is 1. The molecule has 9 heteroatoms. The summed E-state index contributed by atoms with van der Waals surface area (Å²) < 4.78 is 11.8. The minimum atomic E-state index is -0.885. The molecule has 2 aromatic carbocycles. The van der Waals surface area contributed by atoms with Crippen LogP contribution in [-0.2, 0) is 6.61 Å². The summed E-state index contributed by atoms with van der Waals surface area (Å²) in [5, 5.41) is 13.8. The number of likely N-dealkylation sites (tertiary alicyclic amines) is 1. The number of hydrogen-bond acceptors (Lipinski definition) is 7. The topological polar surface area (TPSA) is 100 Å². The first-order valence-electron chi connectivity index (χ1n) is 12.2. The van der Waals surface area contributed by atoms with Gasteiger partial charge in [0, 0.05) is 43.7 Å². The van der Waals surface area contributed by atoms with Crippen LogP contribution in [0.3, 0.4) is 0 Å². The number of anilines is 2. The van der Waals surface area contributed by atoms with Gasteiger partial charge >= 0.3 is 6.09 Å². The quantitative estimate of drug-likeness (QED) is 0.517. The fraction of sp³-hybridized carbons (Fsp3) is 0.423. The standard InChI is InChI=1S/C26H31N5O4/c1-34-22-14-20-21(15-23(22)35-17-18-8-3-2-4-9-18)28-25(30-11-5-6-12-30)29-24(20)27-19-10-7-13-31(16-19)26(32)33/h2-4,8-9,14-15,19H,5-7,10-13,16-17H2,1H3,(H,32,33)(H,27,28,29)/t19-/m1/s1. The van der Waals surface area contributed by atoms with Gasteiger partial charge in [0.25, 0.3) is 0 Å². The van der Waals surface area contributed by atoms with Crippen molar-refractivity contribution < 1.29 is 19.4 Å². The Hall–Kier alpha value is -3.75. The van der Waals surface area contributed by atoms with Crippen LogP contribution in [0.15, 0.2) is 42.5 Å². The van der Waals surface area contributed by atoms with E-state index in [4.69, 9.17) is 19.4 Å². The number of benzene rings is 2. The monoisotopic (exact) mass is 477 g/mol. The molecular formula is C26H31N5O4. The summed E-state index contributed by atoms with van der Waals surface area (Å²) in [4.78, 5) is 24.9. The van der Waals surface area contributed by atoms with Gasteiger partial charge in [0.15, 0.2) is 11.5 Å². The molecule has 2 aliphatic rings. The van der Waals surface area contributed by atoms with Gasteiger partial charge in [0.1, 0.15) is 12.4 Å². The predicted molar refractivity (Wildman–Crippen MR) is 135 cm³/mol. The van der Waals surface area contributed by atoms with Crippen molar-refractivity contribution in [2.75, 3.05) is 43.5 Å². The van der Waals surface area contributed by atoms with Crippen LogP contribution in [0, 0.1) is 0 Å². The number of rotatable bonds is 7. The molecule has 0 bridgehead atoms. The maximum absolute atomic E-state index is 11.5. The van der Waals surface area contributed by atoms with Crippen molar-refractivity contribution >= 4 is 28.8 Å². The third-order valence-corrected chi connectivity index (χ3v) is 6.63. The number of piperidine rings is 1. The molecular weight excluding hydrogens is 446 g/mol. The summed E-state index contributed by atoms with van der Waals surface area (Å²) in [6, 6.07) is 13.8. The van der Waals surface area contributed by atoms with E-state index in [0.29, 0.717) is 43.0 Å². The minimum absolute atomic E-state index is 0.0237. The zero-order valence-corrected chi connectivity index (χ0v) is 19.9. The fourth-order valence-electron chi connectivity index (χ4n) is 4.76. The van der Waals surface area contributed by atoms with Gasteiger partial charge < -0.3 is 29.7 Å². The Labute approximate surface area is 204 Å². The Balaban J connectivity index is 1.49. The molecule has 2 fully saturated rings. The number of nitrogens with zero attached hydrogens (tertiary/aromatic N) is 4. The number of carbonyl (C=O) groups is 1. The van der Waals surface area contributed by atoms with Crippen molar-refractivity contribution in [2.24, 2.45) is 0 Å². The van der Waals surface area contributed by atoms with E-state index in [-0.39, 0.29) is 6.04 Å². The van der Waals surface area contributed by atoms with Crippen LogP contribution in [0.2, 0.25) is 0 Å². The van der Waals surface area contributed by atoms with E-state index in [9.17, 15) is 9.90 Å². The molecule has 1 atom stereocenters. The second kappa shape index (κ2) is 10.2. The Morgan fingerprint density at radius 2 is 1.89 bits per heavy atom. The molecule has 3 heterocycles. The summed E-state index contributed by atoms with van der Waals surface area (Å²) in [6.45, 7) is 3.26. The highest BCUT2D eigenvalue weighted by Crippen LogP contribution is 2.36. The number of fused-ring (bicyclic) bond motifs is 1. The van der Waals surface area contributed by atoms with Crippen LogP contribution in [0.25, 0.3) is 10.9 Å². The lowest BCUT2D eigenvalue weighted by atomic mass is 10.1. The Kier molecular flexibility index (Phi) is 6.74. The Bertz CT molecular complexity index is 1180. The molecule has 0 radical (unpaired) electrons. The molecule has 184 valence electrons. The third-order valence-electron chi connectivity index (χ3n) is 6.63. The van der Waals surface area contributed by atoms with Crippen LogP contribution in [0.5, 0.6) is 11.5 Å². The van der Waals surface area contributed by atoms with E-state index < -0.39 is 6.09 Å². The van der Waals surface area contributed by atoms with Crippen molar-refractivity contribution in [1.29, 1.82) is 0 Å². The summed E-state index contributed by atoms with van der Waals surface area (Å²) in [5.74, 6) is 2.60. The molecule has 2 N–H and O–H groups in total. The van der Waals surface area contributed by atoms with E-state index in [1.54, 1.807) is 7.11 Å². The summed E-state index contributed by atoms with van der Waals surface area (Å²) in [7, 11) is 1.62. The van der Waals surface area contributed by atoms with Crippen LogP contribution < -0.4 is 19.7 Å². The van der Waals surface area contributed by atoms with Crippen LogP contribution in [0.1, 0.15) is 31.2 Å².